The van der Waals surface area contributed by atoms with Crippen molar-refractivity contribution >= 4 is 22.8 Å². The minimum Gasteiger partial charge on any atom is -0.322 e. The Labute approximate surface area is 135 Å². The van der Waals surface area contributed by atoms with E-state index < -0.39 is 12.1 Å². The van der Waals surface area contributed by atoms with E-state index in [-0.39, 0.29) is 11.5 Å². The molecule has 1 unspecified atom stereocenters. The van der Waals surface area contributed by atoms with Crippen LogP contribution in [-0.2, 0) is 4.79 Å². The summed E-state index contributed by atoms with van der Waals surface area (Å²) in [6, 6.07) is 11.5. The standard InChI is InChI=1S/C17H12N4O3/c22-15-12-7-11(5-6-13(12)18-8-19-15)9-1-3-10(4-2-9)14-16(23)21-17(24)20-14/h1-8,14H,(H,18,19,22)(H2,20,21,23,24). The molecule has 7 nitrogen and oxygen atoms in total. The molecule has 0 radical (unpaired) electrons. The first-order chi connectivity index (χ1) is 11.6. The number of amides is 3. The highest BCUT2D eigenvalue weighted by Gasteiger charge is 2.30. The van der Waals surface area contributed by atoms with Crippen LogP contribution in [0, 0.1) is 0 Å². The zero-order valence-electron chi connectivity index (χ0n) is 12.4. The molecule has 1 atom stereocenters. The molecule has 1 saturated heterocycles. The molecule has 24 heavy (non-hydrogen) atoms. The number of benzene rings is 2. The number of hydrogen-bond acceptors (Lipinski definition) is 4. The Morgan fingerprint density at radius 3 is 2.38 bits per heavy atom. The third kappa shape index (κ3) is 2.32. The zero-order chi connectivity index (χ0) is 16.7. The number of carbonyl (C=O) groups is 2. The fourth-order valence-electron chi connectivity index (χ4n) is 2.77. The van der Waals surface area contributed by atoms with Gasteiger partial charge in [0.15, 0.2) is 0 Å². The summed E-state index contributed by atoms with van der Waals surface area (Å²) in [7, 11) is 0. The summed E-state index contributed by atoms with van der Waals surface area (Å²) in [5.41, 5.74) is 2.90. The average Bonchev–Trinajstić information content (AvgIpc) is 2.93. The number of H-pyrrole nitrogens is 1. The van der Waals surface area contributed by atoms with E-state index in [4.69, 9.17) is 0 Å². The van der Waals surface area contributed by atoms with Crippen molar-refractivity contribution in [3.05, 3.63) is 64.7 Å². The van der Waals surface area contributed by atoms with Gasteiger partial charge in [0, 0.05) is 0 Å². The second kappa shape index (κ2) is 5.31. The Bertz CT molecular complexity index is 1020. The van der Waals surface area contributed by atoms with Gasteiger partial charge in [0.25, 0.3) is 11.5 Å². The molecule has 118 valence electrons. The maximum Gasteiger partial charge on any atom is 0.322 e. The molecular formula is C17H12N4O3. The van der Waals surface area contributed by atoms with Crippen molar-refractivity contribution in [1.29, 1.82) is 0 Å². The fourth-order valence-corrected chi connectivity index (χ4v) is 2.77. The first-order valence-corrected chi connectivity index (χ1v) is 7.31. The predicted octanol–water partition coefficient (Wildman–Crippen LogP) is 1.47. The summed E-state index contributed by atoms with van der Waals surface area (Å²) < 4.78 is 0. The molecule has 7 heteroatoms. The van der Waals surface area contributed by atoms with E-state index in [1.54, 1.807) is 24.3 Å². The number of nitrogens with zero attached hydrogens (tertiary/aromatic N) is 1. The molecule has 3 amide bonds. The predicted molar refractivity (Wildman–Crippen MR) is 87.2 cm³/mol. The Hall–Kier alpha value is -3.48. The van der Waals surface area contributed by atoms with Crippen molar-refractivity contribution in [2.45, 2.75) is 6.04 Å². The molecule has 0 saturated carbocycles. The highest BCUT2D eigenvalue weighted by molar-refractivity contribution is 6.04. The van der Waals surface area contributed by atoms with E-state index in [0.29, 0.717) is 16.5 Å². The summed E-state index contributed by atoms with van der Waals surface area (Å²) in [5.74, 6) is -0.365. The molecule has 0 bridgehead atoms. The summed E-state index contributed by atoms with van der Waals surface area (Å²) in [6.07, 6.45) is 1.38. The van der Waals surface area contributed by atoms with Crippen molar-refractivity contribution < 1.29 is 9.59 Å². The molecule has 1 aliphatic heterocycles. The van der Waals surface area contributed by atoms with Crippen LogP contribution in [0.15, 0.2) is 53.6 Å². The monoisotopic (exact) mass is 320 g/mol. The molecule has 1 aromatic heterocycles. The van der Waals surface area contributed by atoms with Crippen molar-refractivity contribution in [2.24, 2.45) is 0 Å². The van der Waals surface area contributed by atoms with Gasteiger partial charge in [-0.2, -0.15) is 0 Å². The van der Waals surface area contributed by atoms with Crippen LogP contribution in [-0.4, -0.2) is 21.9 Å². The number of hydrogen-bond donors (Lipinski definition) is 3. The van der Waals surface area contributed by atoms with E-state index >= 15 is 0 Å². The van der Waals surface area contributed by atoms with Gasteiger partial charge >= 0.3 is 6.03 Å². The van der Waals surface area contributed by atoms with Crippen molar-refractivity contribution in [3.8, 4) is 11.1 Å². The highest BCUT2D eigenvalue weighted by Crippen LogP contribution is 2.25. The summed E-state index contributed by atoms with van der Waals surface area (Å²) in [4.78, 5) is 41.4. The third-order valence-corrected chi connectivity index (χ3v) is 3.99. The largest absolute Gasteiger partial charge is 0.322 e. The van der Waals surface area contributed by atoms with E-state index in [1.807, 2.05) is 18.2 Å². The smallest absolute Gasteiger partial charge is 0.322 e. The van der Waals surface area contributed by atoms with Gasteiger partial charge in [-0.05, 0) is 28.8 Å². The minimum absolute atomic E-state index is 0.191. The van der Waals surface area contributed by atoms with E-state index in [9.17, 15) is 14.4 Å². The molecule has 4 rings (SSSR count). The number of fused-ring (bicyclic) bond motifs is 1. The van der Waals surface area contributed by atoms with Gasteiger partial charge in [0.1, 0.15) is 6.04 Å². The van der Waals surface area contributed by atoms with Crippen molar-refractivity contribution in [3.63, 3.8) is 0 Å². The molecule has 1 aliphatic rings. The normalized spacial score (nSPS) is 16.9. The molecule has 0 spiro atoms. The van der Waals surface area contributed by atoms with Crippen LogP contribution < -0.4 is 16.2 Å². The topological polar surface area (TPSA) is 104 Å². The van der Waals surface area contributed by atoms with Gasteiger partial charge in [-0.3, -0.25) is 14.9 Å². The van der Waals surface area contributed by atoms with Gasteiger partial charge in [-0.15, -0.1) is 0 Å². The Kier molecular flexibility index (Phi) is 3.13. The van der Waals surface area contributed by atoms with Gasteiger partial charge in [-0.1, -0.05) is 30.3 Å². The first kappa shape index (κ1) is 14.1. The number of aromatic amines is 1. The SMILES string of the molecule is O=C1NC(=O)C(c2ccc(-c3ccc4nc[nH]c(=O)c4c3)cc2)N1. The lowest BCUT2D eigenvalue weighted by atomic mass is 10.00. The molecule has 2 aromatic carbocycles. The minimum atomic E-state index is -0.671. The summed E-state index contributed by atoms with van der Waals surface area (Å²) in [6.45, 7) is 0. The Morgan fingerprint density at radius 2 is 1.67 bits per heavy atom. The van der Waals surface area contributed by atoms with Gasteiger partial charge < -0.3 is 10.3 Å². The van der Waals surface area contributed by atoms with Gasteiger partial charge in [-0.25, -0.2) is 9.78 Å². The molecule has 1 fully saturated rings. The van der Waals surface area contributed by atoms with Crippen LogP contribution in [0.1, 0.15) is 11.6 Å². The second-order valence-electron chi connectivity index (χ2n) is 5.48. The van der Waals surface area contributed by atoms with Crippen LogP contribution in [0.4, 0.5) is 4.79 Å². The van der Waals surface area contributed by atoms with Crippen LogP contribution in [0.2, 0.25) is 0 Å². The number of carbonyl (C=O) groups excluding carboxylic acids is 2. The molecule has 3 aromatic rings. The van der Waals surface area contributed by atoms with E-state index in [1.165, 1.54) is 6.33 Å². The third-order valence-electron chi connectivity index (χ3n) is 3.99. The maximum absolute atomic E-state index is 11.9. The number of urea groups is 1. The molecule has 2 heterocycles. The van der Waals surface area contributed by atoms with Crippen LogP contribution in [0.25, 0.3) is 22.0 Å². The summed E-state index contributed by atoms with van der Waals surface area (Å²) in [5, 5.41) is 5.28. The van der Waals surface area contributed by atoms with E-state index in [0.717, 1.165) is 11.1 Å². The van der Waals surface area contributed by atoms with Crippen molar-refractivity contribution in [1.82, 2.24) is 20.6 Å². The maximum atomic E-state index is 11.9. The average molecular weight is 320 g/mol. The van der Waals surface area contributed by atoms with Crippen molar-refractivity contribution in [2.75, 3.05) is 0 Å². The van der Waals surface area contributed by atoms with E-state index in [2.05, 4.69) is 20.6 Å². The lowest BCUT2D eigenvalue weighted by Gasteiger charge is -2.09. The quantitative estimate of drug-likeness (QED) is 0.622. The van der Waals surface area contributed by atoms with Gasteiger partial charge in [0.05, 0.1) is 17.2 Å². The summed E-state index contributed by atoms with van der Waals surface area (Å²) >= 11 is 0. The number of imide groups is 1. The number of rotatable bonds is 2. The Balaban J connectivity index is 1.70. The lowest BCUT2D eigenvalue weighted by Crippen LogP contribution is -2.22. The second-order valence-corrected chi connectivity index (χ2v) is 5.48. The van der Waals surface area contributed by atoms with Crippen LogP contribution in [0.3, 0.4) is 0 Å². The lowest BCUT2D eigenvalue weighted by molar-refractivity contribution is -0.120. The Morgan fingerprint density at radius 1 is 0.917 bits per heavy atom. The molecule has 0 aliphatic carbocycles. The highest BCUT2D eigenvalue weighted by atomic mass is 16.2. The molecular weight excluding hydrogens is 308 g/mol. The molecule has 3 N–H and O–H groups in total. The first-order valence-electron chi connectivity index (χ1n) is 7.31. The zero-order valence-corrected chi connectivity index (χ0v) is 12.4. The van der Waals surface area contributed by atoms with Gasteiger partial charge in [0.2, 0.25) is 0 Å². The van der Waals surface area contributed by atoms with Crippen LogP contribution >= 0.6 is 0 Å². The number of aromatic nitrogens is 2. The fraction of sp³-hybridized carbons (Fsp3) is 0.0588. The number of nitrogens with one attached hydrogen (secondary N) is 3. The van der Waals surface area contributed by atoms with Crippen LogP contribution in [0.5, 0.6) is 0 Å².